The van der Waals surface area contributed by atoms with Crippen molar-refractivity contribution in [3.05, 3.63) is 18.3 Å². The van der Waals surface area contributed by atoms with Gasteiger partial charge in [-0.05, 0) is 25.0 Å². The smallest absolute Gasteiger partial charge is 0.363 e. The van der Waals surface area contributed by atoms with Crippen molar-refractivity contribution in [2.75, 3.05) is 25.5 Å². The van der Waals surface area contributed by atoms with Crippen molar-refractivity contribution < 1.29 is 21.6 Å². The van der Waals surface area contributed by atoms with E-state index in [1.165, 1.54) is 12.1 Å². The molecule has 1 aliphatic heterocycles. The maximum atomic E-state index is 12.9. The Labute approximate surface area is 121 Å². The summed E-state index contributed by atoms with van der Waals surface area (Å²) in [6.07, 6.45) is -3.46. The molecule has 0 amide bonds. The molecule has 2 rings (SSSR count). The third kappa shape index (κ3) is 3.13. The summed E-state index contributed by atoms with van der Waals surface area (Å²) in [5.41, 5.74) is 0. The van der Waals surface area contributed by atoms with E-state index in [0.717, 1.165) is 6.20 Å². The number of rotatable bonds is 3. The molecule has 0 saturated carbocycles. The number of sulfonamides is 1. The highest BCUT2D eigenvalue weighted by Gasteiger charge is 2.50. The minimum Gasteiger partial charge on any atom is -0.363 e. The number of pyridine rings is 1. The molecule has 1 atom stereocenters. The lowest BCUT2D eigenvalue weighted by Gasteiger charge is -2.25. The number of nitrogens with zero attached hydrogens (tertiary/aromatic N) is 3. The molecule has 1 saturated heterocycles. The van der Waals surface area contributed by atoms with Gasteiger partial charge in [0, 0.05) is 26.8 Å². The molecule has 0 bridgehead atoms. The lowest BCUT2D eigenvalue weighted by atomic mass is 10.2. The molecular formula is C12H16F3N3O2S. The van der Waals surface area contributed by atoms with Gasteiger partial charge in [-0.3, -0.25) is 0 Å². The van der Waals surface area contributed by atoms with E-state index in [4.69, 9.17) is 0 Å². The van der Waals surface area contributed by atoms with E-state index in [0.29, 0.717) is 10.1 Å². The van der Waals surface area contributed by atoms with E-state index in [-0.39, 0.29) is 24.3 Å². The Morgan fingerprint density at radius 1 is 1.33 bits per heavy atom. The average molecular weight is 323 g/mol. The monoisotopic (exact) mass is 323 g/mol. The van der Waals surface area contributed by atoms with E-state index < -0.39 is 22.2 Å². The van der Waals surface area contributed by atoms with Gasteiger partial charge in [0.05, 0.1) is 0 Å². The molecule has 0 N–H and O–H groups in total. The molecule has 1 fully saturated rings. The quantitative estimate of drug-likeness (QED) is 0.852. The van der Waals surface area contributed by atoms with Crippen LogP contribution >= 0.6 is 0 Å². The second-order valence-electron chi connectivity index (χ2n) is 5.06. The van der Waals surface area contributed by atoms with Crippen LogP contribution in [0.1, 0.15) is 12.8 Å². The van der Waals surface area contributed by atoms with Gasteiger partial charge in [-0.15, -0.1) is 0 Å². The predicted octanol–water partition coefficient (Wildman–Crippen LogP) is 1.86. The van der Waals surface area contributed by atoms with Crippen molar-refractivity contribution in [1.29, 1.82) is 0 Å². The first kappa shape index (κ1) is 16.0. The standard InChI is InChI=1S/C12H16F3N3O2S/c1-17(2)11-6-5-9(8-16-11)21(19,20)18-7-3-4-10(18)12(13,14)15/h5-6,8,10H,3-4,7H2,1-2H3. The molecule has 1 aliphatic rings. The molecule has 21 heavy (non-hydrogen) atoms. The highest BCUT2D eigenvalue weighted by molar-refractivity contribution is 7.89. The fourth-order valence-electron chi connectivity index (χ4n) is 2.28. The summed E-state index contributed by atoms with van der Waals surface area (Å²) in [5.74, 6) is 0.530. The summed E-state index contributed by atoms with van der Waals surface area (Å²) < 4.78 is 63.9. The molecule has 0 spiro atoms. The Morgan fingerprint density at radius 2 is 2.00 bits per heavy atom. The summed E-state index contributed by atoms with van der Waals surface area (Å²) in [5, 5.41) is 0. The van der Waals surface area contributed by atoms with Crippen LogP contribution in [0.25, 0.3) is 0 Å². The van der Waals surface area contributed by atoms with Crippen molar-refractivity contribution >= 4 is 15.8 Å². The zero-order chi connectivity index (χ0) is 15.8. The SMILES string of the molecule is CN(C)c1ccc(S(=O)(=O)N2CCCC2C(F)(F)F)cn1. The molecule has 0 aliphatic carbocycles. The molecule has 2 heterocycles. The first-order chi connectivity index (χ1) is 9.64. The average Bonchev–Trinajstić information content (AvgIpc) is 2.88. The predicted molar refractivity (Wildman–Crippen MR) is 71.5 cm³/mol. The van der Waals surface area contributed by atoms with E-state index >= 15 is 0 Å². The van der Waals surface area contributed by atoms with Gasteiger partial charge in [0.15, 0.2) is 0 Å². The van der Waals surface area contributed by atoms with Crippen molar-refractivity contribution in [3.63, 3.8) is 0 Å². The number of halogens is 3. The number of anilines is 1. The maximum Gasteiger partial charge on any atom is 0.405 e. The topological polar surface area (TPSA) is 53.5 Å². The van der Waals surface area contributed by atoms with Crippen LogP contribution in [0.15, 0.2) is 23.2 Å². The van der Waals surface area contributed by atoms with E-state index in [1.807, 2.05) is 0 Å². The molecule has 0 aromatic carbocycles. The van der Waals surface area contributed by atoms with Gasteiger partial charge < -0.3 is 4.90 Å². The fraction of sp³-hybridized carbons (Fsp3) is 0.583. The van der Waals surface area contributed by atoms with Gasteiger partial charge in [-0.25, -0.2) is 13.4 Å². The van der Waals surface area contributed by atoms with E-state index in [1.54, 1.807) is 19.0 Å². The van der Waals surface area contributed by atoms with Crippen LogP contribution in [0, 0.1) is 0 Å². The minimum atomic E-state index is -4.55. The van der Waals surface area contributed by atoms with Crippen molar-refractivity contribution in [3.8, 4) is 0 Å². The Balaban J connectivity index is 2.33. The number of alkyl halides is 3. The van der Waals surface area contributed by atoms with E-state index in [9.17, 15) is 21.6 Å². The van der Waals surface area contributed by atoms with Crippen molar-refractivity contribution in [1.82, 2.24) is 9.29 Å². The van der Waals surface area contributed by atoms with Crippen LogP contribution in [-0.4, -0.2) is 50.6 Å². The highest BCUT2D eigenvalue weighted by Crippen LogP contribution is 2.36. The molecule has 9 heteroatoms. The highest BCUT2D eigenvalue weighted by atomic mass is 32.2. The Kier molecular flexibility index (Phi) is 4.16. The Bertz CT molecular complexity index is 599. The zero-order valence-corrected chi connectivity index (χ0v) is 12.4. The molecular weight excluding hydrogens is 307 g/mol. The summed E-state index contributed by atoms with van der Waals surface area (Å²) in [7, 11) is -0.716. The molecule has 1 aromatic rings. The second-order valence-corrected chi connectivity index (χ2v) is 6.95. The van der Waals surface area contributed by atoms with Gasteiger partial charge in [-0.2, -0.15) is 17.5 Å². The third-order valence-corrected chi connectivity index (χ3v) is 5.26. The van der Waals surface area contributed by atoms with Crippen LogP contribution in [0.2, 0.25) is 0 Å². The molecule has 5 nitrogen and oxygen atoms in total. The third-order valence-electron chi connectivity index (χ3n) is 3.37. The number of hydrogen-bond donors (Lipinski definition) is 0. The van der Waals surface area contributed by atoms with Crippen LogP contribution in [-0.2, 0) is 10.0 Å². The van der Waals surface area contributed by atoms with Crippen molar-refractivity contribution in [2.45, 2.75) is 30.0 Å². The van der Waals surface area contributed by atoms with Gasteiger partial charge in [0.1, 0.15) is 16.8 Å². The second kappa shape index (κ2) is 5.45. The van der Waals surface area contributed by atoms with Crippen LogP contribution < -0.4 is 4.90 Å². The van der Waals surface area contributed by atoms with E-state index in [2.05, 4.69) is 4.98 Å². The molecule has 1 aromatic heterocycles. The summed E-state index contributed by atoms with van der Waals surface area (Å²) in [6, 6.07) is 0.797. The fourth-order valence-corrected chi connectivity index (χ4v) is 3.91. The first-order valence-electron chi connectivity index (χ1n) is 6.36. The summed E-state index contributed by atoms with van der Waals surface area (Å²) >= 11 is 0. The lowest BCUT2D eigenvalue weighted by molar-refractivity contribution is -0.165. The Hall–Kier alpha value is -1.35. The Morgan fingerprint density at radius 3 is 2.48 bits per heavy atom. The molecule has 118 valence electrons. The maximum absolute atomic E-state index is 12.9. The van der Waals surface area contributed by atoms with Crippen LogP contribution in [0.4, 0.5) is 19.0 Å². The minimum absolute atomic E-state index is 0.123. The first-order valence-corrected chi connectivity index (χ1v) is 7.80. The van der Waals surface area contributed by atoms with Crippen LogP contribution in [0.3, 0.4) is 0 Å². The van der Waals surface area contributed by atoms with Gasteiger partial charge in [0.2, 0.25) is 10.0 Å². The lowest BCUT2D eigenvalue weighted by Crippen LogP contribution is -2.44. The van der Waals surface area contributed by atoms with Gasteiger partial charge in [-0.1, -0.05) is 0 Å². The zero-order valence-electron chi connectivity index (χ0n) is 11.6. The summed E-state index contributed by atoms with van der Waals surface area (Å²) in [6.45, 7) is -0.123. The largest absolute Gasteiger partial charge is 0.405 e. The molecule has 0 radical (unpaired) electrons. The normalized spacial score (nSPS) is 20.7. The molecule has 1 unspecified atom stereocenters. The number of hydrogen-bond acceptors (Lipinski definition) is 4. The van der Waals surface area contributed by atoms with Gasteiger partial charge >= 0.3 is 6.18 Å². The van der Waals surface area contributed by atoms with Gasteiger partial charge in [0.25, 0.3) is 0 Å². The van der Waals surface area contributed by atoms with Crippen LogP contribution in [0.5, 0.6) is 0 Å². The summed E-state index contributed by atoms with van der Waals surface area (Å²) in [4.78, 5) is 5.40. The number of aromatic nitrogens is 1. The van der Waals surface area contributed by atoms with Crippen molar-refractivity contribution in [2.24, 2.45) is 0 Å².